The summed E-state index contributed by atoms with van der Waals surface area (Å²) in [5.74, 6) is 0. The molecular weight excluding hydrogens is 260 g/mol. The van der Waals surface area contributed by atoms with E-state index in [9.17, 15) is 0 Å². The second kappa shape index (κ2) is 19.9. The Kier molecular flexibility index (Phi) is 24.8. The van der Waals surface area contributed by atoms with Crippen LogP contribution in [0.15, 0.2) is 9.98 Å². The van der Waals surface area contributed by atoms with Crippen LogP contribution in [0.1, 0.15) is 34.1 Å². The van der Waals surface area contributed by atoms with Gasteiger partial charge in [-0.15, -0.1) is 12.4 Å². The summed E-state index contributed by atoms with van der Waals surface area (Å²) in [6, 6.07) is 2.64. The minimum absolute atomic E-state index is 0. The zero-order valence-electron chi connectivity index (χ0n) is 13.6. The van der Waals surface area contributed by atoms with Gasteiger partial charge in [-0.2, -0.15) is 0 Å². The molecule has 0 N–H and O–H groups in total. The molecule has 0 aromatic carbocycles. The molecule has 0 fully saturated rings. The van der Waals surface area contributed by atoms with E-state index in [4.69, 9.17) is 0 Å². The third-order valence-electron chi connectivity index (χ3n) is 2.52. The Labute approximate surface area is 126 Å². The third-order valence-corrected chi connectivity index (χ3v) is 2.52. The normalized spacial score (nSPS) is 9.26. The molecule has 0 aromatic heterocycles. The van der Waals surface area contributed by atoms with Crippen molar-refractivity contribution in [3.05, 3.63) is 0 Å². The molecule has 4 nitrogen and oxygen atoms in total. The highest BCUT2D eigenvalue weighted by molar-refractivity contribution is 5.85. The smallest absolute Gasteiger partial charge is 0.0892 e. The van der Waals surface area contributed by atoms with Crippen LogP contribution in [0.25, 0.3) is 0 Å². The third kappa shape index (κ3) is 23.1. The Hall–Kier alpha value is -0.410. The van der Waals surface area contributed by atoms with Crippen LogP contribution in [-0.4, -0.2) is 69.2 Å². The highest BCUT2D eigenvalue weighted by atomic mass is 35.5. The van der Waals surface area contributed by atoms with Crippen molar-refractivity contribution < 1.29 is 0 Å². The molecule has 0 spiro atoms. The Bertz CT molecular complexity index is 204. The van der Waals surface area contributed by atoms with Crippen LogP contribution in [0.5, 0.6) is 0 Å². The molecular formula is C14H33ClN4. The van der Waals surface area contributed by atoms with Gasteiger partial charge in [0.2, 0.25) is 0 Å². The van der Waals surface area contributed by atoms with E-state index in [1.807, 2.05) is 6.92 Å². The molecule has 0 radical (unpaired) electrons. The van der Waals surface area contributed by atoms with Gasteiger partial charge < -0.3 is 9.80 Å². The molecule has 5 heteroatoms. The van der Waals surface area contributed by atoms with Gasteiger partial charge in [-0.3, -0.25) is 0 Å². The van der Waals surface area contributed by atoms with Gasteiger partial charge in [-0.05, 0) is 53.6 Å². The van der Waals surface area contributed by atoms with Crippen LogP contribution in [0, 0.1) is 0 Å². The van der Waals surface area contributed by atoms with E-state index in [1.165, 1.54) is 19.6 Å². The SMILES string of the molecule is CCN(CC)CC.CCN=C=NCCCN(C)C.Cl. The largest absolute Gasteiger partial charge is 0.309 e. The van der Waals surface area contributed by atoms with E-state index in [0.717, 1.165) is 26.1 Å². The molecule has 0 atom stereocenters. The fourth-order valence-electron chi connectivity index (χ4n) is 1.31. The van der Waals surface area contributed by atoms with Crippen LogP contribution in [0.3, 0.4) is 0 Å². The van der Waals surface area contributed by atoms with Gasteiger partial charge >= 0.3 is 0 Å². The van der Waals surface area contributed by atoms with Crippen molar-refractivity contribution in [1.82, 2.24) is 9.80 Å². The summed E-state index contributed by atoms with van der Waals surface area (Å²) >= 11 is 0. The average molecular weight is 293 g/mol. The van der Waals surface area contributed by atoms with Crippen LogP contribution in [0.2, 0.25) is 0 Å². The molecule has 0 saturated heterocycles. The maximum absolute atomic E-state index is 3.99. The second-order valence-electron chi connectivity index (χ2n) is 4.23. The lowest BCUT2D eigenvalue weighted by Gasteiger charge is -2.13. The standard InChI is InChI=1S/C8H17N3.C6H15N.ClH/c1-4-9-8-10-6-5-7-11(2)3;1-4-7(5-2)6-3;/h4-7H2,1-3H3;4-6H2,1-3H3;1H. The minimum atomic E-state index is 0. The monoisotopic (exact) mass is 292 g/mol. The molecule has 0 aliphatic carbocycles. The zero-order valence-corrected chi connectivity index (χ0v) is 14.5. The summed E-state index contributed by atoms with van der Waals surface area (Å²) in [5, 5.41) is 0. The van der Waals surface area contributed by atoms with E-state index < -0.39 is 0 Å². The first-order valence-electron chi connectivity index (χ1n) is 7.07. The predicted molar refractivity (Wildman–Crippen MR) is 89.2 cm³/mol. The van der Waals surface area contributed by atoms with E-state index >= 15 is 0 Å². The fourth-order valence-corrected chi connectivity index (χ4v) is 1.31. The molecule has 0 unspecified atom stereocenters. The first-order valence-corrected chi connectivity index (χ1v) is 7.07. The van der Waals surface area contributed by atoms with E-state index in [-0.39, 0.29) is 12.4 Å². The highest BCUT2D eigenvalue weighted by Gasteiger charge is 1.89. The lowest BCUT2D eigenvalue weighted by atomic mass is 10.4. The lowest BCUT2D eigenvalue weighted by Crippen LogP contribution is -2.21. The number of halogens is 1. The average Bonchev–Trinajstić information content (AvgIpc) is 2.36. The van der Waals surface area contributed by atoms with Gasteiger partial charge in [-0.1, -0.05) is 20.8 Å². The first kappa shape index (κ1) is 23.7. The van der Waals surface area contributed by atoms with Crippen LogP contribution in [0.4, 0.5) is 0 Å². The summed E-state index contributed by atoms with van der Waals surface area (Å²) in [4.78, 5) is 12.4. The van der Waals surface area contributed by atoms with Gasteiger partial charge in [0.25, 0.3) is 0 Å². The van der Waals surface area contributed by atoms with E-state index in [2.05, 4.69) is 60.7 Å². The Morgan fingerprint density at radius 2 is 1.42 bits per heavy atom. The molecule has 0 aliphatic heterocycles. The van der Waals surface area contributed by atoms with E-state index in [0.29, 0.717) is 0 Å². The summed E-state index contributed by atoms with van der Waals surface area (Å²) in [6.45, 7) is 14.8. The van der Waals surface area contributed by atoms with Gasteiger partial charge in [0.15, 0.2) is 0 Å². The topological polar surface area (TPSA) is 31.2 Å². The lowest BCUT2D eigenvalue weighted by molar-refractivity contribution is 0.321. The minimum Gasteiger partial charge on any atom is -0.309 e. The molecule has 19 heavy (non-hydrogen) atoms. The molecule has 0 saturated carbocycles. The van der Waals surface area contributed by atoms with Gasteiger partial charge in [-0.25, -0.2) is 9.98 Å². The molecule has 0 aromatic rings. The highest BCUT2D eigenvalue weighted by Crippen LogP contribution is 1.82. The molecule has 0 bridgehead atoms. The second-order valence-corrected chi connectivity index (χ2v) is 4.23. The summed E-state index contributed by atoms with van der Waals surface area (Å²) in [6.07, 6.45) is 1.08. The maximum Gasteiger partial charge on any atom is 0.0892 e. The van der Waals surface area contributed by atoms with Crippen molar-refractivity contribution in [1.29, 1.82) is 0 Å². The number of rotatable bonds is 8. The number of aliphatic imine (C=N–C) groups is 2. The molecule has 0 amide bonds. The van der Waals surface area contributed by atoms with Crippen molar-refractivity contribution in [2.45, 2.75) is 34.1 Å². The fraction of sp³-hybridized carbons (Fsp3) is 0.929. The Morgan fingerprint density at radius 1 is 0.895 bits per heavy atom. The predicted octanol–water partition coefficient (Wildman–Crippen LogP) is 2.90. The van der Waals surface area contributed by atoms with Crippen molar-refractivity contribution in [3.63, 3.8) is 0 Å². The number of hydrogen-bond donors (Lipinski definition) is 0. The maximum atomic E-state index is 3.99. The molecule has 116 valence electrons. The Morgan fingerprint density at radius 3 is 1.74 bits per heavy atom. The van der Waals surface area contributed by atoms with Crippen molar-refractivity contribution >= 4 is 18.4 Å². The summed E-state index contributed by atoms with van der Waals surface area (Å²) in [7, 11) is 4.12. The molecule has 0 aliphatic rings. The molecule has 0 heterocycles. The summed E-state index contributed by atoms with van der Waals surface area (Å²) in [5.41, 5.74) is 0. The van der Waals surface area contributed by atoms with Crippen molar-refractivity contribution in [2.24, 2.45) is 9.98 Å². The van der Waals surface area contributed by atoms with E-state index in [1.54, 1.807) is 0 Å². The number of nitrogens with zero attached hydrogens (tertiary/aromatic N) is 4. The van der Waals surface area contributed by atoms with Gasteiger partial charge in [0, 0.05) is 6.54 Å². The number of hydrogen-bond acceptors (Lipinski definition) is 4. The van der Waals surface area contributed by atoms with Gasteiger partial charge in [0.1, 0.15) is 0 Å². The summed E-state index contributed by atoms with van der Waals surface area (Å²) < 4.78 is 0. The van der Waals surface area contributed by atoms with Gasteiger partial charge in [0.05, 0.1) is 12.6 Å². The first-order chi connectivity index (χ1) is 8.62. The quantitative estimate of drug-likeness (QED) is 0.509. The zero-order chi connectivity index (χ0) is 14.2. The van der Waals surface area contributed by atoms with Crippen molar-refractivity contribution in [2.75, 3.05) is 53.4 Å². The van der Waals surface area contributed by atoms with Crippen LogP contribution < -0.4 is 0 Å². The molecule has 0 rings (SSSR count). The van der Waals surface area contributed by atoms with Crippen molar-refractivity contribution in [3.8, 4) is 0 Å². The van der Waals surface area contributed by atoms with Crippen LogP contribution >= 0.6 is 12.4 Å². The Balaban J connectivity index is -0.000000280. The van der Waals surface area contributed by atoms with Crippen LogP contribution in [-0.2, 0) is 0 Å².